The molecule has 738 valence electrons. The number of hydrogen-bond donors (Lipinski definition) is 14. The molecule has 14 N–H and O–H groups in total. The van der Waals surface area contributed by atoms with E-state index in [1.54, 1.807) is 32.3 Å². The summed E-state index contributed by atoms with van der Waals surface area (Å²) in [5.74, 6) is -4.17. The molecule has 2 aromatic rings. The number of aliphatic hydroxyl groups excluding tert-OH is 10. The molecule has 0 saturated carbocycles. The van der Waals surface area contributed by atoms with Gasteiger partial charge in [0.2, 0.25) is 17.7 Å². The molecule has 129 heavy (non-hydrogen) atoms. The van der Waals surface area contributed by atoms with Crippen molar-refractivity contribution in [3.63, 3.8) is 0 Å². The van der Waals surface area contributed by atoms with Crippen LogP contribution in [0.5, 0.6) is 0 Å². The summed E-state index contributed by atoms with van der Waals surface area (Å²) in [4.78, 5) is 143. The third-order valence-corrected chi connectivity index (χ3v) is 26.7. The molecule has 42 nitrogen and oxygen atoms in total. The Balaban J connectivity index is 0.953. The van der Waals surface area contributed by atoms with Gasteiger partial charge in [0.25, 0.3) is 0 Å². The standard InChI is InChI=1S/C85H143N7O35P2/c1-53(2)128(111,112)121-47-69-65(40-73(123-69)92-52-89-74-57(6)87-51-88-81(74)92)127-129(113,114)122-46-58-39-64(101)42-91(58)72(104)41-71(103)90-85(48-115-36-29-62(99)23-11-7-9-21-59(96)26-14-18-33-118-82-54(3)75(105)78(108)66(43-93)124-82,49-116-37-30-63(100)24-12-8-10-22-60(97)27-15-19-34-119-83-55(4)76(106)79(109)67(44-94)125-83)50-117-38-31-70(102)86-32-17-13-25-61(98)28-16-20-35-120-84-56(5)77(107)80(110)68(45-95)126-84/h51-56,58,64-69,73,75-80,82-84,93-95,101,105-110H,7-50H2,1-6H3,(H,86,102)(H,90,103)(H,111,112)(H,113,114)/t54?,55?,56?,58-,64+,65+,66?,67?,68?,69-,73-,75-,76-,77-,78+,79+,80+,82-,83-,84-,85?/m1/s1. The van der Waals surface area contributed by atoms with E-state index >= 15 is 0 Å². The molecule has 0 spiro atoms. The second-order valence-corrected chi connectivity index (χ2v) is 38.6. The molecule has 0 aliphatic carbocycles. The molecular weight excluding hydrogens is 1740 g/mol. The predicted octanol–water partition coefficient (Wildman–Crippen LogP) is 2.78. The van der Waals surface area contributed by atoms with Gasteiger partial charge in [0.1, 0.15) is 108 Å². The van der Waals surface area contributed by atoms with Gasteiger partial charge in [-0.1, -0.05) is 47.5 Å². The Morgan fingerprint density at radius 2 is 0.930 bits per heavy atom. The van der Waals surface area contributed by atoms with Crippen LogP contribution in [0.3, 0.4) is 0 Å². The lowest BCUT2D eigenvalue weighted by Crippen LogP contribution is -2.59. The maximum Gasteiger partial charge on any atom is 0.472 e. The number of aliphatic hydroxyl groups is 10. The van der Waals surface area contributed by atoms with Crippen molar-refractivity contribution < 1.29 is 169 Å². The van der Waals surface area contributed by atoms with Gasteiger partial charge in [0.05, 0.1) is 121 Å². The van der Waals surface area contributed by atoms with E-state index in [9.17, 15) is 108 Å². The van der Waals surface area contributed by atoms with Gasteiger partial charge >= 0.3 is 15.4 Å². The summed E-state index contributed by atoms with van der Waals surface area (Å²) in [6, 6.07) is -1.12. The van der Waals surface area contributed by atoms with Crippen molar-refractivity contribution in [3.05, 3.63) is 18.3 Å². The third kappa shape index (κ3) is 37.1. The van der Waals surface area contributed by atoms with E-state index < -0.39 is 226 Å². The number of aromatic nitrogens is 4. The zero-order valence-corrected chi connectivity index (χ0v) is 77.1. The lowest BCUT2D eigenvalue weighted by molar-refractivity contribution is -0.282. The average molecular weight is 1890 g/mol. The maximum atomic E-state index is 14.6. The number of imidazole rings is 1. The number of unbranched alkanes of at least 4 members (excludes halogenated alkanes) is 8. The van der Waals surface area contributed by atoms with Gasteiger partial charge in [-0.25, -0.2) is 19.5 Å². The molecule has 0 radical (unpaired) electrons. The van der Waals surface area contributed by atoms with Gasteiger partial charge in [-0.2, -0.15) is 0 Å². The second-order valence-electron chi connectivity index (χ2n) is 34.8. The number of hydrogen-bond acceptors (Lipinski definition) is 36. The molecule has 5 saturated heterocycles. The van der Waals surface area contributed by atoms with Gasteiger partial charge in [-0.3, -0.25) is 56.5 Å². The number of phosphoric acid groups is 1. The fraction of sp³-hybridized carbons (Fsp3) is 0.847. The van der Waals surface area contributed by atoms with Crippen LogP contribution in [0.15, 0.2) is 12.7 Å². The molecule has 5 aliphatic rings. The monoisotopic (exact) mass is 1880 g/mol. The number of fused-ring (bicyclic) bond motifs is 1. The number of carbonyl (C=O) groups excluding carboxylic acids is 8. The maximum absolute atomic E-state index is 14.6. The highest BCUT2D eigenvalue weighted by atomic mass is 31.2. The van der Waals surface area contributed by atoms with Crippen molar-refractivity contribution >= 4 is 73.2 Å². The third-order valence-electron chi connectivity index (χ3n) is 23.9. The van der Waals surface area contributed by atoms with Crippen LogP contribution in [-0.4, -0.2) is 347 Å². The smallest absolute Gasteiger partial charge is 0.394 e. The normalized spacial score (nSPS) is 28.1. The minimum absolute atomic E-state index is 0.00676. The average Bonchev–Trinajstić information content (AvgIpc) is 1.63. The number of rotatable bonds is 66. The Bertz CT molecular complexity index is 3620. The minimum atomic E-state index is -5.16. The number of aryl methyl sites for hydroxylation is 1. The minimum Gasteiger partial charge on any atom is -0.394 e. The van der Waals surface area contributed by atoms with Crippen LogP contribution in [-0.2, 0) is 108 Å². The van der Waals surface area contributed by atoms with Crippen LogP contribution in [0.25, 0.3) is 11.2 Å². The molecule has 2 aromatic heterocycles. The number of Topliss-reactive ketones (excluding diaryl/α,β-unsaturated/α-hetero) is 5. The highest BCUT2D eigenvalue weighted by molar-refractivity contribution is 7.53. The first kappa shape index (κ1) is 111. The predicted molar refractivity (Wildman–Crippen MR) is 456 cm³/mol. The lowest BCUT2D eigenvalue weighted by atomic mass is 9.92. The molecule has 7 heterocycles. The van der Waals surface area contributed by atoms with Crippen LogP contribution < -0.4 is 10.6 Å². The highest BCUT2D eigenvalue weighted by Gasteiger charge is 2.48. The van der Waals surface area contributed by atoms with E-state index in [2.05, 4.69) is 25.6 Å². The number of phosphoric ester groups is 1. The van der Waals surface area contributed by atoms with E-state index in [-0.39, 0.29) is 139 Å². The van der Waals surface area contributed by atoms with Crippen molar-refractivity contribution in [2.75, 3.05) is 106 Å². The van der Waals surface area contributed by atoms with Crippen LogP contribution in [0, 0.1) is 24.7 Å². The lowest BCUT2D eigenvalue weighted by Gasteiger charge is -2.40. The van der Waals surface area contributed by atoms with Crippen LogP contribution >= 0.6 is 15.4 Å². The number of amides is 3. The number of carbonyl (C=O) groups is 8. The molecule has 44 heteroatoms. The first-order valence-electron chi connectivity index (χ1n) is 45.5. The topological polar surface area (TPSA) is 604 Å². The van der Waals surface area contributed by atoms with Crippen LogP contribution in [0.1, 0.15) is 226 Å². The number of ether oxygens (including phenoxy) is 10. The number of likely N-dealkylation sites (tertiary alicyclic amines) is 1. The zero-order chi connectivity index (χ0) is 94.4. The molecule has 0 bridgehead atoms. The summed E-state index contributed by atoms with van der Waals surface area (Å²) in [6.07, 6.45) is -7.11. The second kappa shape index (κ2) is 57.0. The molecular formula is C85H143N7O35P2. The van der Waals surface area contributed by atoms with Gasteiger partial charge in [-0.15, -0.1) is 0 Å². The summed E-state index contributed by atoms with van der Waals surface area (Å²) in [7, 11) is -9.37. The van der Waals surface area contributed by atoms with Crippen LogP contribution in [0.4, 0.5) is 0 Å². The molecule has 3 amide bonds. The summed E-state index contributed by atoms with van der Waals surface area (Å²) in [5, 5.41) is 107. The molecule has 5 aliphatic heterocycles. The highest BCUT2D eigenvalue weighted by Crippen LogP contribution is 2.52. The van der Waals surface area contributed by atoms with Crippen LogP contribution in [0.2, 0.25) is 0 Å². The molecule has 5 fully saturated rings. The SMILES string of the molecule is Cc1ncnc2c1ncn2[C@H]1C[C@H](OP(=O)(O)OC[C@H]2C[C@H](O)CN2C(=O)CC(=O)NC(COCCC(=O)CCCCCC(=O)CCCCO[C@@H]2OC(CO)[C@H](O)[C@H](O)C2C)(COCCC(=O)CCCCCC(=O)CCCCO[C@@H]2OC(CO)[C@H](O)[C@H](O)C2C)COCCC(=O)NCCCCC(=O)CCCCO[C@@H]2OC(CO)[C@H](O)[C@H](O)C2C)[C@@H](COP(=O)(O)C(C)C)O1. The fourth-order valence-corrected chi connectivity index (χ4v) is 17.3. The van der Waals surface area contributed by atoms with E-state index in [0.717, 1.165) is 4.90 Å². The Hall–Kier alpha value is -5.23. The molecule has 8 unspecified atom stereocenters. The molecule has 7 rings (SSSR count). The quantitative estimate of drug-likeness (QED) is 0.0257. The van der Waals surface area contributed by atoms with Gasteiger partial charge < -0.3 is 128 Å². The van der Waals surface area contributed by atoms with Crippen molar-refractivity contribution in [2.24, 2.45) is 17.8 Å². The largest absolute Gasteiger partial charge is 0.472 e. The first-order valence-corrected chi connectivity index (χ1v) is 48.7. The number of ketones is 5. The Labute approximate surface area is 753 Å². The van der Waals surface area contributed by atoms with E-state index in [0.29, 0.717) is 132 Å². The van der Waals surface area contributed by atoms with E-state index in [4.69, 9.17) is 60.9 Å². The van der Waals surface area contributed by atoms with Gasteiger partial charge in [0, 0.05) is 128 Å². The van der Waals surface area contributed by atoms with Crippen molar-refractivity contribution in [3.8, 4) is 0 Å². The first-order chi connectivity index (χ1) is 61.5. The summed E-state index contributed by atoms with van der Waals surface area (Å²) >= 11 is 0. The van der Waals surface area contributed by atoms with Crippen molar-refractivity contribution in [2.45, 2.75) is 337 Å². The number of nitrogens with one attached hydrogen (secondary N) is 2. The number of β-amino-alcohol motifs (C(OH)–C–C–N with tert-alkyl or cyclic N) is 1. The summed E-state index contributed by atoms with van der Waals surface area (Å²) < 4.78 is 104. The van der Waals surface area contributed by atoms with E-state index in [1.807, 2.05) is 0 Å². The van der Waals surface area contributed by atoms with Crippen molar-refractivity contribution in [1.29, 1.82) is 0 Å². The summed E-state index contributed by atoms with van der Waals surface area (Å²) in [6.45, 7) is 5.52. The van der Waals surface area contributed by atoms with Gasteiger partial charge in [0.15, 0.2) is 24.5 Å². The fourth-order valence-electron chi connectivity index (χ4n) is 15.7. The Kier molecular flexibility index (Phi) is 48.9. The number of nitrogens with zero attached hydrogens (tertiary/aromatic N) is 5. The van der Waals surface area contributed by atoms with Crippen molar-refractivity contribution in [1.82, 2.24) is 35.1 Å². The molecule has 22 atom stereocenters. The summed E-state index contributed by atoms with van der Waals surface area (Å²) in [5.41, 5.74) is -1.19. The Morgan fingerprint density at radius 1 is 0.504 bits per heavy atom. The Morgan fingerprint density at radius 3 is 1.37 bits per heavy atom. The zero-order valence-electron chi connectivity index (χ0n) is 75.3. The van der Waals surface area contributed by atoms with E-state index in [1.165, 1.54) is 26.5 Å². The molecule has 0 aromatic carbocycles. The van der Waals surface area contributed by atoms with Gasteiger partial charge in [-0.05, 0) is 90.4 Å².